The summed E-state index contributed by atoms with van der Waals surface area (Å²) in [6, 6.07) is 17.4. The number of rotatable bonds is 6. The molecular formula is C23H36GeN2Si2. The normalized spacial score (nSPS) is 13.9. The number of hydrogen-bond donors (Lipinski definition) is 0. The third kappa shape index (κ3) is 6.19. The molecule has 0 aliphatic carbocycles. The van der Waals surface area contributed by atoms with E-state index in [1.54, 1.807) is 0 Å². The summed E-state index contributed by atoms with van der Waals surface area (Å²) >= 11 is -0.350. The zero-order valence-electron chi connectivity index (χ0n) is 19.1. The molecule has 2 aromatic rings. The monoisotopic (exact) mass is 470 g/mol. The molecule has 0 fully saturated rings. The number of pyridine rings is 1. The van der Waals surface area contributed by atoms with Crippen LogP contribution in [0, 0.1) is 0 Å². The molecule has 0 saturated carbocycles. The Bertz CT molecular complexity index is 798. The van der Waals surface area contributed by atoms with Gasteiger partial charge in [0, 0.05) is 0 Å². The summed E-state index contributed by atoms with van der Waals surface area (Å²) < 4.78 is 3.22. The van der Waals surface area contributed by atoms with Gasteiger partial charge in [-0.2, -0.15) is 0 Å². The fourth-order valence-electron chi connectivity index (χ4n) is 3.25. The number of aromatic nitrogens is 1. The van der Waals surface area contributed by atoms with Crippen molar-refractivity contribution in [1.29, 1.82) is 0 Å². The third-order valence-electron chi connectivity index (χ3n) is 4.30. The van der Waals surface area contributed by atoms with Crippen LogP contribution in [0.25, 0.3) is 10.9 Å². The summed E-state index contributed by atoms with van der Waals surface area (Å²) in [7, 11) is -3.26. The van der Waals surface area contributed by atoms with E-state index in [1.165, 1.54) is 16.5 Å². The molecule has 1 aromatic heterocycles. The molecule has 2 nitrogen and oxygen atoms in total. The molecule has 1 heterocycles. The van der Waals surface area contributed by atoms with E-state index in [2.05, 4.69) is 106 Å². The minimum atomic E-state index is -1.67. The van der Waals surface area contributed by atoms with Crippen LogP contribution in [0.5, 0.6) is 0 Å². The van der Waals surface area contributed by atoms with Crippen LogP contribution in [0.2, 0.25) is 43.5 Å². The van der Waals surface area contributed by atoms with Crippen molar-refractivity contribution < 1.29 is 0 Å². The van der Waals surface area contributed by atoms with Crippen molar-refractivity contribution in [3.05, 3.63) is 66.0 Å². The van der Waals surface area contributed by atoms with E-state index in [-0.39, 0.29) is 15.7 Å². The van der Waals surface area contributed by atoms with Gasteiger partial charge in [-0.25, -0.2) is 0 Å². The Morgan fingerprint density at radius 2 is 1.43 bits per heavy atom. The maximum atomic E-state index is 4.83. The van der Waals surface area contributed by atoms with Crippen molar-refractivity contribution >= 4 is 42.9 Å². The molecule has 0 aliphatic rings. The van der Waals surface area contributed by atoms with E-state index < -0.39 is 16.3 Å². The number of nitrogens with zero attached hydrogens (tertiary/aromatic N) is 2. The topological polar surface area (TPSA) is 16.1 Å². The van der Waals surface area contributed by atoms with Gasteiger partial charge in [0.25, 0.3) is 0 Å². The van der Waals surface area contributed by atoms with Crippen molar-refractivity contribution in [2.75, 3.05) is 0 Å². The van der Waals surface area contributed by atoms with Crippen molar-refractivity contribution in [2.24, 2.45) is 0 Å². The first kappa shape index (κ1) is 23.2. The Balaban J connectivity index is 2.92. The van der Waals surface area contributed by atoms with E-state index in [1.807, 2.05) is 12.3 Å². The zero-order valence-corrected chi connectivity index (χ0v) is 23.2. The second-order valence-corrected chi connectivity index (χ2v) is 25.7. The van der Waals surface area contributed by atoms with E-state index in [0.717, 1.165) is 5.69 Å². The van der Waals surface area contributed by atoms with Gasteiger partial charge in [-0.15, -0.1) is 0 Å². The molecule has 2 rings (SSSR count). The molecule has 1 aromatic carbocycles. The predicted molar refractivity (Wildman–Crippen MR) is 131 cm³/mol. The molecule has 0 amide bonds. The van der Waals surface area contributed by atoms with Crippen LogP contribution in [0.15, 0.2) is 54.7 Å². The van der Waals surface area contributed by atoms with E-state index in [0.29, 0.717) is 4.25 Å². The summed E-state index contributed by atoms with van der Waals surface area (Å²) in [6.45, 7) is 22.0. The Morgan fingerprint density at radius 3 is 1.86 bits per heavy atom. The van der Waals surface area contributed by atoms with Gasteiger partial charge in [0.2, 0.25) is 0 Å². The van der Waals surface area contributed by atoms with Crippen molar-refractivity contribution in [2.45, 2.75) is 64.3 Å². The molecule has 0 bridgehead atoms. The summed E-state index contributed by atoms with van der Waals surface area (Å²) in [4.78, 5) is 4.83. The van der Waals surface area contributed by atoms with E-state index >= 15 is 0 Å². The van der Waals surface area contributed by atoms with Gasteiger partial charge in [0.1, 0.15) is 0 Å². The summed E-state index contributed by atoms with van der Waals surface area (Å²) in [5, 5.41) is 1.50. The van der Waals surface area contributed by atoms with Crippen LogP contribution in [-0.2, 0) is 0 Å². The molecule has 0 spiro atoms. The predicted octanol–water partition coefficient (Wildman–Crippen LogP) is 6.80. The van der Waals surface area contributed by atoms with Crippen molar-refractivity contribution in [3.8, 4) is 0 Å². The number of benzene rings is 1. The van der Waals surface area contributed by atoms with Crippen LogP contribution < -0.4 is 0 Å². The fourth-order valence-corrected chi connectivity index (χ4v) is 12.7. The van der Waals surface area contributed by atoms with Gasteiger partial charge >= 0.3 is 182 Å². The van der Waals surface area contributed by atoms with Gasteiger partial charge in [0.15, 0.2) is 0 Å². The van der Waals surface area contributed by atoms with E-state index in [9.17, 15) is 0 Å². The maximum absolute atomic E-state index is 4.83. The molecule has 0 saturated heterocycles. The minimum absolute atomic E-state index is 0.342. The zero-order chi connectivity index (χ0) is 21.2. The number of hydrogen-bond acceptors (Lipinski definition) is 2. The summed E-state index contributed by atoms with van der Waals surface area (Å²) in [6.07, 6.45) is 1.94. The van der Waals surface area contributed by atoms with E-state index in [4.69, 9.17) is 4.98 Å². The second kappa shape index (κ2) is 8.72. The first-order valence-electron chi connectivity index (χ1n) is 10.1. The molecule has 0 atom stereocenters. The molecule has 5 heteroatoms. The van der Waals surface area contributed by atoms with Gasteiger partial charge < -0.3 is 0 Å². The first-order valence-corrected chi connectivity index (χ1v) is 19.0. The average Bonchev–Trinajstić information content (AvgIpc) is 2.56. The molecule has 150 valence electrons. The Hall–Kier alpha value is -1.11. The van der Waals surface area contributed by atoms with Crippen LogP contribution in [0.1, 0.15) is 32.0 Å². The first-order chi connectivity index (χ1) is 12.8. The van der Waals surface area contributed by atoms with Gasteiger partial charge in [-0.05, 0) is 0 Å². The fraction of sp³-hybridized carbons (Fsp3) is 0.435. The Kier molecular flexibility index (Phi) is 7.21. The van der Waals surface area contributed by atoms with Gasteiger partial charge in [0.05, 0.1) is 0 Å². The quantitative estimate of drug-likeness (QED) is 0.433. The Labute approximate surface area is 181 Å². The third-order valence-corrected chi connectivity index (χ3v) is 15.0. The summed E-state index contributed by atoms with van der Waals surface area (Å²) in [5.74, 6) is 0. The second-order valence-electron chi connectivity index (χ2n) is 10.4. The molecular weight excluding hydrogens is 433 g/mol. The molecule has 0 aliphatic heterocycles. The van der Waals surface area contributed by atoms with Crippen LogP contribution in [0.3, 0.4) is 0 Å². The SMILES string of the molecule is C[C](C)(C)[Ge][N](/C(=C(/c1ccccn1)[Si](C)(C)C)c1ccccc1)[Si](C)(C)C. The van der Waals surface area contributed by atoms with Crippen molar-refractivity contribution in [1.82, 2.24) is 8.51 Å². The van der Waals surface area contributed by atoms with Crippen molar-refractivity contribution in [3.63, 3.8) is 0 Å². The van der Waals surface area contributed by atoms with Crippen LogP contribution >= 0.6 is 0 Å². The standard InChI is InChI=1S/C23H36GeN2Si2/c1-23(2,3)24-26(28(7,8)9)21(19-15-11-10-12-16-19)22(27(4,5)6)20-17-13-14-18-25-20/h10-18H,1-9H3/b22-21-. The summed E-state index contributed by atoms with van der Waals surface area (Å²) in [5.41, 5.74) is 3.97. The molecule has 0 N–H and O–H groups in total. The van der Waals surface area contributed by atoms with Crippen LogP contribution in [0.4, 0.5) is 0 Å². The Morgan fingerprint density at radius 1 is 0.857 bits per heavy atom. The van der Waals surface area contributed by atoms with Gasteiger partial charge in [-0.1, -0.05) is 0 Å². The van der Waals surface area contributed by atoms with Crippen LogP contribution in [-0.4, -0.2) is 40.5 Å². The molecule has 2 radical (unpaired) electrons. The molecule has 28 heavy (non-hydrogen) atoms. The molecule has 0 unspecified atom stereocenters. The average molecular weight is 469 g/mol. The van der Waals surface area contributed by atoms with Gasteiger partial charge in [-0.3, -0.25) is 0 Å².